The molecule has 1 saturated heterocycles. The summed E-state index contributed by atoms with van der Waals surface area (Å²) in [6.45, 7) is 2.59. The number of hydrogen-bond donors (Lipinski definition) is 1. The maximum atomic E-state index is 13.6. The van der Waals surface area contributed by atoms with Gasteiger partial charge in [-0.1, -0.05) is 11.6 Å². The maximum absolute atomic E-state index is 13.6. The Balaban J connectivity index is 2.03. The van der Waals surface area contributed by atoms with Crippen LogP contribution in [-0.2, 0) is 0 Å². The van der Waals surface area contributed by atoms with Gasteiger partial charge >= 0.3 is 0 Å². The summed E-state index contributed by atoms with van der Waals surface area (Å²) in [5, 5.41) is 3.68. The number of carbonyl (C=O) groups excluding carboxylic acids is 1. The van der Waals surface area contributed by atoms with Gasteiger partial charge in [-0.2, -0.15) is 0 Å². The average Bonchev–Trinajstić information content (AvgIpc) is 2.42. The SMILES string of the molecule is CN(CC1CCCNC1)C(=O)c1cc(Cl)ccc1F. The fourth-order valence-electron chi connectivity index (χ4n) is 2.42. The molecule has 104 valence electrons. The minimum atomic E-state index is -0.525. The van der Waals surface area contributed by atoms with E-state index in [0.29, 0.717) is 17.5 Å². The van der Waals surface area contributed by atoms with Gasteiger partial charge in [-0.3, -0.25) is 4.79 Å². The van der Waals surface area contributed by atoms with Crippen LogP contribution in [0, 0.1) is 11.7 Å². The van der Waals surface area contributed by atoms with E-state index in [1.54, 1.807) is 11.9 Å². The third-order valence-corrected chi connectivity index (χ3v) is 3.67. The molecule has 2 rings (SSSR count). The molecule has 5 heteroatoms. The van der Waals surface area contributed by atoms with E-state index >= 15 is 0 Å². The molecule has 1 amide bonds. The van der Waals surface area contributed by atoms with Crippen molar-refractivity contribution >= 4 is 17.5 Å². The highest BCUT2D eigenvalue weighted by Gasteiger charge is 2.21. The van der Waals surface area contributed by atoms with Crippen LogP contribution in [0.15, 0.2) is 18.2 Å². The summed E-state index contributed by atoms with van der Waals surface area (Å²) in [6.07, 6.45) is 2.22. The minimum Gasteiger partial charge on any atom is -0.341 e. The zero-order chi connectivity index (χ0) is 13.8. The van der Waals surface area contributed by atoms with Gasteiger partial charge in [-0.05, 0) is 50.0 Å². The van der Waals surface area contributed by atoms with Crippen molar-refractivity contribution in [2.24, 2.45) is 5.92 Å². The van der Waals surface area contributed by atoms with Gasteiger partial charge in [0.15, 0.2) is 0 Å². The highest BCUT2D eigenvalue weighted by Crippen LogP contribution is 2.18. The zero-order valence-electron chi connectivity index (χ0n) is 11.0. The van der Waals surface area contributed by atoms with Gasteiger partial charge in [0.2, 0.25) is 0 Å². The van der Waals surface area contributed by atoms with Crippen LogP contribution in [0.5, 0.6) is 0 Å². The number of carbonyl (C=O) groups is 1. The summed E-state index contributed by atoms with van der Waals surface area (Å²) in [4.78, 5) is 13.8. The highest BCUT2D eigenvalue weighted by atomic mass is 35.5. The Kier molecular flexibility index (Phi) is 4.77. The molecular weight excluding hydrogens is 267 g/mol. The van der Waals surface area contributed by atoms with E-state index in [1.807, 2.05) is 0 Å². The first-order valence-corrected chi connectivity index (χ1v) is 6.87. The third kappa shape index (κ3) is 3.67. The monoisotopic (exact) mass is 284 g/mol. The van der Waals surface area contributed by atoms with Crippen molar-refractivity contribution in [3.63, 3.8) is 0 Å². The van der Waals surface area contributed by atoms with Crippen LogP contribution in [0.4, 0.5) is 4.39 Å². The lowest BCUT2D eigenvalue weighted by Gasteiger charge is -2.27. The molecule has 1 atom stereocenters. The second kappa shape index (κ2) is 6.35. The summed E-state index contributed by atoms with van der Waals surface area (Å²) in [6, 6.07) is 4.05. The van der Waals surface area contributed by atoms with E-state index in [1.165, 1.54) is 18.2 Å². The fraction of sp³-hybridized carbons (Fsp3) is 0.500. The molecule has 1 unspecified atom stereocenters. The molecule has 1 aliphatic heterocycles. The van der Waals surface area contributed by atoms with E-state index in [-0.39, 0.29) is 11.5 Å². The van der Waals surface area contributed by atoms with Crippen molar-refractivity contribution in [3.05, 3.63) is 34.6 Å². The van der Waals surface area contributed by atoms with Crippen LogP contribution in [0.3, 0.4) is 0 Å². The summed E-state index contributed by atoms with van der Waals surface area (Å²) in [5.74, 6) is -0.404. The third-order valence-electron chi connectivity index (χ3n) is 3.44. The van der Waals surface area contributed by atoms with Crippen LogP contribution < -0.4 is 5.32 Å². The van der Waals surface area contributed by atoms with Gasteiger partial charge in [0.25, 0.3) is 5.91 Å². The van der Waals surface area contributed by atoms with E-state index in [9.17, 15) is 9.18 Å². The summed E-state index contributed by atoms with van der Waals surface area (Å²) in [5.41, 5.74) is 0.0405. The van der Waals surface area contributed by atoms with E-state index in [4.69, 9.17) is 11.6 Å². The Morgan fingerprint density at radius 3 is 3.05 bits per heavy atom. The van der Waals surface area contributed by atoms with Crippen molar-refractivity contribution in [3.8, 4) is 0 Å². The molecular formula is C14H18ClFN2O. The molecule has 0 bridgehead atoms. The number of hydrogen-bond acceptors (Lipinski definition) is 2. The van der Waals surface area contributed by atoms with Crippen LogP contribution in [0.25, 0.3) is 0 Å². The molecule has 0 spiro atoms. The Labute approximate surface area is 117 Å². The topological polar surface area (TPSA) is 32.3 Å². The molecule has 0 aromatic heterocycles. The molecule has 19 heavy (non-hydrogen) atoms. The largest absolute Gasteiger partial charge is 0.341 e. The quantitative estimate of drug-likeness (QED) is 0.925. The zero-order valence-corrected chi connectivity index (χ0v) is 11.7. The minimum absolute atomic E-state index is 0.0405. The lowest BCUT2D eigenvalue weighted by Crippen LogP contribution is -2.39. The predicted octanol–water partition coefficient (Wildman–Crippen LogP) is 2.55. The number of amides is 1. The van der Waals surface area contributed by atoms with Crippen molar-refractivity contribution in [1.82, 2.24) is 10.2 Å². The standard InChI is InChI=1S/C14H18ClFN2O/c1-18(9-10-3-2-6-17-8-10)14(19)12-7-11(15)4-5-13(12)16/h4-5,7,10,17H,2-3,6,8-9H2,1H3. The average molecular weight is 285 g/mol. The van der Waals surface area contributed by atoms with Gasteiger partial charge in [0.1, 0.15) is 5.82 Å². The molecule has 0 aliphatic carbocycles. The van der Waals surface area contributed by atoms with Gasteiger partial charge in [-0.25, -0.2) is 4.39 Å². The normalized spacial score (nSPS) is 19.2. The summed E-state index contributed by atoms with van der Waals surface area (Å²) >= 11 is 5.81. The van der Waals surface area contributed by atoms with Crippen molar-refractivity contribution < 1.29 is 9.18 Å². The number of halogens is 2. The van der Waals surface area contributed by atoms with Crippen LogP contribution in [0.2, 0.25) is 5.02 Å². The first-order chi connectivity index (χ1) is 9.08. The lowest BCUT2D eigenvalue weighted by atomic mass is 9.99. The van der Waals surface area contributed by atoms with Gasteiger partial charge in [0.05, 0.1) is 5.56 Å². The number of nitrogens with one attached hydrogen (secondary N) is 1. The molecule has 0 saturated carbocycles. The predicted molar refractivity (Wildman–Crippen MR) is 74.0 cm³/mol. The fourth-order valence-corrected chi connectivity index (χ4v) is 2.59. The molecule has 3 nitrogen and oxygen atoms in total. The second-order valence-corrected chi connectivity index (χ2v) is 5.46. The number of piperidine rings is 1. The number of rotatable bonds is 3. The Morgan fingerprint density at radius 1 is 1.58 bits per heavy atom. The highest BCUT2D eigenvalue weighted by molar-refractivity contribution is 6.30. The molecule has 1 aromatic carbocycles. The first-order valence-electron chi connectivity index (χ1n) is 6.49. The van der Waals surface area contributed by atoms with Crippen LogP contribution in [-0.4, -0.2) is 37.5 Å². The first kappa shape index (κ1) is 14.3. The van der Waals surface area contributed by atoms with Crippen molar-refractivity contribution in [2.75, 3.05) is 26.7 Å². The van der Waals surface area contributed by atoms with E-state index < -0.39 is 5.82 Å². The second-order valence-electron chi connectivity index (χ2n) is 5.02. The smallest absolute Gasteiger partial charge is 0.256 e. The molecule has 1 heterocycles. The maximum Gasteiger partial charge on any atom is 0.256 e. The Bertz CT molecular complexity index is 461. The van der Waals surface area contributed by atoms with Crippen LogP contribution >= 0.6 is 11.6 Å². The Morgan fingerprint density at radius 2 is 2.37 bits per heavy atom. The van der Waals surface area contributed by atoms with Gasteiger partial charge in [-0.15, -0.1) is 0 Å². The molecule has 0 radical (unpaired) electrons. The van der Waals surface area contributed by atoms with Gasteiger partial charge in [0, 0.05) is 18.6 Å². The lowest BCUT2D eigenvalue weighted by molar-refractivity contribution is 0.0760. The van der Waals surface area contributed by atoms with Gasteiger partial charge < -0.3 is 10.2 Å². The summed E-state index contributed by atoms with van der Waals surface area (Å²) < 4.78 is 13.6. The molecule has 1 aliphatic rings. The van der Waals surface area contributed by atoms with E-state index in [0.717, 1.165) is 25.9 Å². The Hall–Kier alpha value is -1.13. The molecule has 1 aromatic rings. The van der Waals surface area contributed by atoms with Crippen molar-refractivity contribution in [1.29, 1.82) is 0 Å². The summed E-state index contributed by atoms with van der Waals surface area (Å²) in [7, 11) is 1.71. The van der Waals surface area contributed by atoms with E-state index in [2.05, 4.69) is 5.32 Å². The molecule has 1 N–H and O–H groups in total. The number of benzene rings is 1. The van der Waals surface area contributed by atoms with Crippen molar-refractivity contribution in [2.45, 2.75) is 12.8 Å². The van der Waals surface area contributed by atoms with Crippen LogP contribution in [0.1, 0.15) is 23.2 Å². The number of nitrogens with zero attached hydrogens (tertiary/aromatic N) is 1. The molecule has 1 fully saturated rings.